The van der Waals surface area contributed by atoms with Crippen molar-refractivity contribution in [2.45, 2.75) is 59.4 Å². The molecule has 0 unspecified atom stereocenters. The van der Waals surface area contributed by atoms with Gasteiger partial charge in [0.15, 0.2) is 0 Å². The van der Waals surface area contributed by atoms with Crippen LogP contribution in [0.3, 0.4) is 0 Å². The van der Waals surface area contributed by atoms with Gasteiger partial charge in [-0.15, -0.1) is 0 Å². The van der Waals surface area contributed by atoms with E-state index in [2.05, 4.69) is 19.2 Å². The fraction of sp³-hybridized carbons (Fsp3) is 0.588. The van der Waals surface area contributed by atoms with Crippen molar-refractivity contribution in [3.8, 4) is 5.75 Å². The second-order valence-electron chi connectivity index (χ2n) is 5.16. The Morgan fingerprint density at radius 1 is 1.20 bits per heavy atom. The molecule has 0 heterocycles. The van der Waals surface area contributed by atoms with Crippen LogP contribution in [-0.4, -0.2) is 18.6 Å². The van der Waals surface area contributed by atoms with Gasteiger partial charge in [-0.1, -0.05) is 26.7 Å². The lowest BCUT2D eigenvalue weighted by molar-refractivity contribution is 0.0932. The highest BCUT2D eigenvalue weighted by Crippen LogP contribution is 2.19. The van der Waals surface area contributed by atoms with Gasteiger partial charge < -0.3 is 10.1 Å². The van der Waals surface area contributed by atoms with Gasteiger partial charge in [-0.25, -0.2) is 0 Å². The number of benzene rings is 1. The van der Waals surface area contributed by atoms with Crippen LogP contribution in [0.4, 0.5) is 0 Å². The van der Waals surface area contributed by atoms with Crippen molar-refractivity contribution in [3.63, 3.8) is 0 Å². The smallest absolute Gasteiger partial charge is 0.251 e. The molecular weight excluding hydrogens is 250 g/mol. The summed E-state index contributed by atoms with van der Waals surface area (Å²) in [6, 6.07) is 5.89. The number of ether oxygens (including phenoxy) is 1. The van der Waals surface area contributed by atoms with E-state index >= 15 is 0 Å². The number of nitrogens with one attached hydrogen (secondary N) is 1. The number of hydrogen-bond donors (Lipinski definition) is 1. The van der Waals surface area contributed by atoms with Gasteiger partial charge >= 0.3 is 0 Å². The maximum Gasteiger partial charge on any atom is 0.251 e. The molecular formula is C17H27NO2. The molecule has 1 aromatic carbocycles. The fourth-order valence-corrected chi connectivity index (χ4v) is 2.36. The highest BCUT2D eigenvalue weighted by atomic mass is 16.5. The minimum Gasteiger partial charge on any atom is -0.494 e. The van der Waals surface area contributed by atoms with E-state index in [0.29, 0.717) is 12.2 Å². The summed E-state index contributed by atoms with van der Waals surface area (Å²) in [5, 5.41) is 3.13. The normalized spacial score (nSPS) is 10.7. The Morgan fingerprint density at radius 2 is 1.85 bits per heavy atom. The summed E-state index contributed by atoms with van der Waals surface area (Å²) in [6.07, 6.45) is 4.26. The molecule has 1 aromatic rings. The predicted octanol–water partition coefficient (Wildman–Crippen LogP) is 4.09. The van der Waals surface area contributed by atoms with E-state index in [4.69, 9.17) is 4.74 Å². The molecule has 0 aliphatic carbocycles. The van der Waals surface area contributed by atoms with Gasteiger partial charge in [-0.2, -0.15) is 0 Å². The largest absolute Gasteiger partial charge is 0.494 e. The Bertz CT molecular complexity index is 423. The van der Waals surface area contributed by atoms with Crippen molar-refractivity contribution < 1.29 is 9.53 Å². The first-order chi connectivity index (χ1) is 9.62. The number of rotatable bonds is 8. The van der Waals surface area contributed by atoms with Crippen LogP contribution in [0.15, 0.2) is 18.2 Å². The second-order valence-corrected chi connectivity index (χ2v) is 5.16. The minimum absolute atomic E-state index is 0.0167. The molecule has 0 atom stereocenters. The topological polar surface area (TPSA) is 38.3 Å². The highest BCUT2D eigenvalue weighted by molar-refractivity contribution is 5.94. The SMILES string of the molecule is CCCC(CCC)NC(=O)c1ccc(OCC)c(C)c1. The van der Waals surface area contributed by atoms with Crippen LogP contribution in [0.1, 0.15) is 62.4 Å². The molecule has 0 saturated heterocycles. The third kappa shape index (κ3) is 4.87. The lowest BCUT2D eigenvalue weighted by atomic mass is 10.1. The number of amides is 1. The van der Waals surface area contributed by atoms with Gasteiger partial charge in [-0.3, -0.25) is 4.79 Å². The van der Waals surface area contributed by atoms with Gasteiger partial charge in [0.2, 0.25) is 0 Å². The Kier molecular flexibility index (Phi) is 7.13. The molecule has 0 aliphatic heterocycles. The number of hydrogen-bond acceptors (Lipinski definition) is 2. The van der Waals surface area contributed by atoms with E-state index in [9.17, 15) is 4.79 Å². The summed E-state index contributed by atoms with van der Waals surface area (Å²) >= 11 is 0. The first-order valence-corrected chi connectivity index (χ1v) is 7.66. The van der Waals surface area contributed by atoms with E-state index in [1.807, 2.05) is 32.0 Å². The Hall–Kier alpha value is -1.51. The average molecular weight is 277 g/mol. The molecule has 3 heteroatoms. The Morgan fingerprint density at radius 3 is 2.35 bits per heavy atom. The maximum absolute atomic E-state index is 12.3. The third-order valence-electron chi connectivity index (χ3n) is 3.35. The quantitative estimate of drug-likeness (QED) is 0.777. The molecule has 0 radical (unpaired) electrons. The molecule has 3 nitrogen and oxygen atoms in total. The summed E-state index contributed by atoms with van der Waals surface area (Å²) in [6.45, 7) is 8.87. The van der Waals surface area contributed by atoms with E-state index in [-0.39, 0.29) is 11.9 Å². The number of carbonyl (C=O) groups excluding carboxylic acids is 1. The van der Waals surface area contributed by atoms with Crippen molar-refractivity contribution in [2.75, 3.05) is 6.61 Å². The van der Waals surface area contributed by atoms with Crippen LogP contribution in [0, 0.1) is 6.92 Å². The monoisotopic (exact) mass is 277 g/mol. The van der Waals surface area contributed by atoms with Gasteiger partial charge in [0.1, 0.15) is 5.75 Å². The van der Waals surface area contributed by atoms with Gasteiger partial charge in [0, 0.05) is 11.6 Å². The first kappa shape index (κ1) is 16.5. The standard InChI is InChI=1S/C17H27NO2/c1-5-8-15(9-6-2)18-17(19)14-10-11-16(20-7-3)13(4)12-14/h10-12,15H,5-9H2,1-4H3,(H,18,19). The molecule has 0 saturated carbocycles. The molecule has 1 amide bonds. The summed E-state index contributed by atoms with van der Waals surface area (Å²) < 4.78 is 5.50. The third-order valence-corrected chi connectivity index (χ3v) is 3.35. The number of carbonyl (C=O) groups is 1. The maximum atomic E-state index is 12.3. The van der Waals surface area contributed by atoms with E-state index in [1.54, 1.807) is 0 Å². The lowest BCUT2D eigenvalue weighted by Gasteiger charge is -2.18. The zero-order valence-electron chi connectivity index (χ0n) is 13.2. The molecule has 0 fully saturated rings. The van der Waals surface area contributed by atoms with Gasteiger partial charge in [0.25, 0.3) is 5.91 Å². The molecule has 1 N–H and O–H groups in total. The van der Waals surface area contributed by atoms with Crippen LogP contribution >= 0.6 is 0 Å². The summed E-state index contributed by atoms with van der Waals surface area (Å²) in [5.74, 6) is 0.866. The molecule has 112 valence electrons. The average Bonchev–Trinajstić information content (AvgIpc) is 2.41. The molecule has 20 heavy (non-hydrogen) atoms. The minimum atomic E-state index is 0.0167. The van der Waals surface area contributed by atoms with Gasteiger partial charge in [0.05, 0.1) is 6.61 Å². The van der Waals surface area contributed by atoms with Crippen LogP contribution < -0.4 is 10.1 Å². The zero-order chi connectivity index (χ0) is 15.0. The van der Waals surface area contributed by atoms with Crippen LogP contribution in [0.5, 0.6) is 5.75 Å². The molecule has 0 aliphatic rings. The first-order valence-electron chi connectivity index (χ1n) is 7.66. The Balaban J connectivity index is 2.73. The predicted molar refractivity (Wildman–Crippen MR) is 83.4 cm³/mol. The molecule has 0 bridgehead atoms. The van der Waals surface area contributed by atoms with Crippen molar-refractivity contribution in [3.05, 3.63) is 29.3 Å². The second kappa shape index (κ2) is 8.62. The molecule has 0 aromatic heterocycles. The highest BCUT2D eigenvalue weighted by Gasteiger charge is 2.13. The summed E-state index contributed by atoms with van der Waals surface area (Å²) in [7, 11) is 0. The Labute approximate surface area is 122 Å². The van der Waals surface area contributed by atoms with Crippen LogP contribution in [0.25, 0.3) is 0 Å². The summed E-state index contributed by atoms with van der Waals surface area (Å²) in [4.78, 5) is 12.3. The van der Waals surface area contributed by atoms with Crippen molar-refractivity contribution >= 4 is 5.91 Å². The van der Waals surface area contributed by atoms with Crippen LogP contribution in [0.2, 0.25) is 0 Å². The number of aryl methyl sites for hydroxylation is 1. The van der Waals surface area contributed by atoms with Crippen molar-refractivity contribution in [1.82, 2.24) is 5.32 Å². The van der Waals surface area contributed by atoms with E-state index in [0.717, 1.165) is 37.0 Å². The van der Waals surface area contributed by atoms with Crippen molar-refractivity contribution in [2.24, 2.45) is 0 Å². The lowest BCUT2D eigenvalue weighted by Crippen LogP contribution is -2.34. The molecule has 0 spiro atoms. The fourth-order valence-electron chi connectivity index (χ4n) is 2.36. The van der Waals surface area contributed by atoms with Crippen molar-refractivity contribution in [1.29, 1.82) is 0 Å². The van der Waals surface area contributed by atoms with E-state index < -0.39 is 0 Å². The molecule has 1 rings (SSSR count). The van der Waals surface area contributed by atoms with Crippen LogP contribution in [-0.2, 0) is 0 Å². The summed E-state index contributed by atoms with van der Waals surface area (Å²) in [5.41, 5.74) is 1.71. The van der Waals surface area contributed by atoms with E-state index in [1.165, 1.54) is 0 Å². The zero-order valence-corrected chi connectivity index (χ0v) is 13.2. The van der Waals surface area contributed by atoms with Gasteiger partial charge in [-0.05, 0) is 50.5 Å².